The van der Waals surface area contributed by atoms with Crippen molar-refractivity contribution in [1.82, 2.24) is 9.62 Å². The van der Waals surface area contributed by atoms with Crippen LogP contribution in [0, 0.1) is 0 Å². The highest BCUT2D eigenvalue weighted by molar-refractivity contribution is 7.91. The molecular weight excluding hydrogens is 372 g/mol. The van der Waals surface area contributed by atoms with E-state index in [0.717, 1.165) is 30.9 Å². The monoisotopic (exact) mass is 394 g/mol. The second-order valence-electron chi connectivity index (χ2n) is 6.43. The van der Waals surface area contributed by atoms with Crippen molar-refractivity contribution in [3.8, 4) is 11.5 Å². The topological polar surface area (TPSA) is 67.9 Å². The summed E-state index contributed by atoms with van der Waals surface area (Å²) in [7, 11) is -3.40. The maximum absolute atomic E-state index is 12.2. The van der Waals surface area contributed by atoms with E-state index in [-0.39, 0.29) is 6.04 Å². The maximum atomic E-state index is 12.2. The molecule has 0 saturated carbocycles. The highest BCUT2D eigenvalue weighted by Crippen LogP contribution is 2.37. The lowest BCUT2D eigenvalue weighted by atomic mass is 10.0. The predicted molar refractivity (Wildman–Crippen MR) is 100 cm³/mol. The standard InChI is InChI=1S/C18H22N2O4S2/c21-26(22,18-4-2-12-25-18)19-7-9-20-8-1-3-15(20)14-5-6-16-17(13-14)24-11-10-23-16/h2,4-6,12-13,15,19H,1,3,7-11H2. The number of hydrogen-bond donors (Lipinski definition) is 1. The third-order valence-corrected chi connectivity index (χ3v) is 7.62. The number of sulfonamides is 1. The Hall–Kier alpha value is -1.61. The molecule has 2 aromatic rings. The first-order valence-electron chi connectivity index (χ1n) is 8.80. The van der Waals surface area contributed by atoms with E-state index in [1.54, 1.807) is 17.5 Å². The van der Waals surface area contributed by atoms with E-state index < -0.39 is 10.0 Å². The van der Waals surface area contributed by atoms with Crippen molar-refractivity contribution in [2.45, 2.75) is 23.1 Å². The minimum absolute atomic E-state index is 0.289. The van der Waals surface area contributed by atoms with Gasteiger partial charge in [0.05, 0.1) is 0 Å². The summed E-state index contributed by atoms with van der Waals surface area (Å²) in [5.41, 5.74) is 1.20. The highest BCUT2D eigenvalue weighted by Gasteiger charge is 2.27. The van der Waals surface area contributed by atoms with Crippen LogP contribution in [0.25, 0.3) is 0 Å². The van der Waals surface area contributed by atoms with Crippen LogP contribution in [0.1, 0.15) is 24.4 Å². The van der Waals surface area contributed by atoms with Gasteiger partial charge in [-0.25, -0.2) is 13.1 Å². The summed E-state index contributed by atoms with van der Waals surface area (Å²) in [6.07, 6.45) is 2.17. The molecule has 3 heterocycles. The van der Waals surface area contributed by atoms with Gasteiger partial charge >= 0.3 is 0 Å². The van der Waals surface area contributed by atoms with Crippen LogP contribution < -0.4 is 14.2 Å². The zero-order chi connectivity index (χ0) is 18.0. The fourth-order valence-corrected chi connectivity index (χ4v) is 5.61. The van der Waals surface area contributed by atoms with Gasteiger partial charge < -0.3 is 9.47 Å². The Morgan fingerprint density at radius 1 is 1.19 bits per heavy atom. The minimum atomic E-state index is -3.40. The Balaban J connectivity index is 1.39. The van der Waals surface area contributed by atoms with E-state index in [2.05, 4.69) is 21.8 Å². The van der Waals surface area contributed by atoms with Gasteiger partial charge in [0.15, 0.2) is 11.5 Å². The molecule has 0 bridgehead atoms. The molecule has 1 aromatic heterocycles. The lowest BCUT2D eigenvalue weighted by Crippen LogP contribution is -2.34. The summed E-state index contributed by atoms with van der Waals surface area (Å²) < 4.78 is 38.8. The van der Waals surface area contributed by atoms with E-state index in [1.165, 1.54) is 16.9 Å². The summed E-state index contributed by atoms with van der Waals surface area (Å²) in [6, 6.07) is 9.79. The van der Waals surface area contributed by atoms with Gasteiger partial charge in [0.1, 0.15) is 17.4 Å². The van der Waals surface area contributed by atoms with Crippen molar-refractivity contribution >= 4 is 21.4 Å². The van der Waals surface area contributed by atoms with Crippen LogP contribution in [0.15, 0.2) is 39.9 Å². The molecule has 0 radical (unpaired) electrons. The summed E-state index contributed by atoms with van der Waals surface area (Å²) in [4.78, 5) is 2.34. The summed E-state index contributed by atoms with van der Waals surface area (Å²) in [5.74, 6) is 1.60. The summed E-state index contributed by atoms with van der Waals surface area (Å²) in [5, 5.41) is 1.77. The van der Waals surface area contributed by atoms with Gasteiger partial charge in [-0.15, -0.1) is 11.3 Å². The highest BCUT2D eigenvalue weighted by atomic mass is 32.2. The van der Waals surface area contributed by atoms with Crippen molar-refractivity contribution in [3.63, 3.8) is 0 Å². The Morgan fingerprint density at radius 3 is 2.85 bits per heavy atom. The van der Waals surface area contributed by atoms with Gasteiger partial charge in [-0.05, 0) is 48.5 Å². The summed E-state index contributed by atoms with van der Waals surface area (Å²) in [6.45, 7) is 3.23. The fraction of sp³-hybridized carbons (Fsp3) is 0.444. The fourth-order valence-electron chi connectivity index (χ4n) is 3.55. The van der Waals surface area contributed by atoms with E-state index in [1.807, 2.05) is 6.07 Å². The van der Waals surface area contributed by atoms with Gasteiger partial charge in [0.25, 0.3) is 0 Å². The summed E-state index contributed by atoms with van der Waals surface area (Å²) >= 11 is 1.23. The van der Waals surface area contributed by atoms with Crippen LogP contribution >= 0.6 is 11.3 Å². The van der Waals surface area contributed by atoms with Gasteiger partial charge in [-0.3, -0.25) is 4.90 Å². The Morgan fingerprint density at radius 2 is 2.04 bits per heavy atom. The zero-order valence-corrected chi connectivity index (χ0v) is 16.0. The zero-order valence-electron chi connectivity index (χ0n) is 14.4. The van der Waals surface area contributed by atoms with Crippen LogP contribution in [0.3, 0.4) is 0 Å². The molecule has 1 N–H and O–H groups in total. The molecule has 1 saturated heterocycles. The number of hydrogen-bond acceptors (Lipinski definition) is 6. The van der Waals surface area contributed by atoms with E-state index >= 15 is 0 Å². The molecular formula is C18H22N2O4S2. The molecule has 6 nitrogen and oxygen atoms in total. The van der Waals surface area contributed by atoms with Crippen molar-refractivity contribution in [2.75, 3.05) is 32.8 Å². The van der Waals surface area contributed by atoms with Crippen molar-refractivity contribution in [2.24, 2.45) is 0 Å². The molecule has 0 aliphatic carbocycles. The molecule has 1 unspecified atom stereocenters. The molecule has 4 rings (SSSR count). The first kappa shape index (κ1) is 17.8. The SMILES string of the molecule is O=S(=O)(NCCN1CCCC1c1ccc2c(c1)OCCO2)c1cccs1. The number of benzene rings is 1. The molecule has 2 aliphatic rings. The molecule has 0 amide bonds. The minimum Gasteiger partial charge on any atom is -0.486 e. The average molecular weight is 395 g/mol. The number of rotatable bonds is 6. The Kier molecular flexibility index (Phi) is 5.17. The average Bonchev–Trinajstić information content (AvgIpc) is 3.33. The number of thiophene rings is 1. The predicted octanol–water partition coefficient (Wildman–Crippen LogP) is 2.63. The Labute approximate surface area is 157 Å². The van der Waals surface area contributed by atoms with Gasteiger partial charge in [-0.1, -0.05) is 12.1 Å². The molecule has 1 fully saturated rings. The van der Waals surface area contributed by atoms with Gasteiger partial charge in [0.2, 0.25) is 10.0 Å². The first-order valence-corrected chi connectivity index (χ1v) is 11.2. The molecule has 1 atom stereocenters. The quantitative estimate of drug-likeness (QED) is 0.816. The molecule has 140 valence electrons. The Bertz CT molecular complexity index is 852. The second kappa shape index (κ2) is 7.56. The normalized spacial score (nSPS) is 20.4. The van der Waals surface area contributed by atoms with Gasteiger partial charge in [0, 0.05) is 19.1 Å². The lowest BCUT2D eigenvalue weighted by molar-refractivity contribution is 0.170. The smallest absolute Gasteiger partial charge is 0.250 e. The molecule has 8 heteroatoms. The molecule has 26 heavy (non-hydrogen) atoms. The molecule has 0 spiro atoms. The van der Waals surface area contributed by atoms with E-state index in [0.29, 0.717) is 30.5 Å². The number of nitrogens with zero attached hydrogens (tertiary/aromatic N) is 1. The van der Waals surface area contributed by atoms with Crippen molar-refractivity contribution in [1.29, 1.82) is 0 Å². The van der Waals surface area contributed by atoms with Crippen molar-refractivity contribution < 1.29 is 17.9 Å². The maximum Gasteiger partial charge on any atom is 0.250 e. The lowest BCUT2D eigenvalue weighted by Gasteiger charge is -2.26. The number of ether oxygens (including phenoxy) is 2. The third kappa shape index (κ3) is 3.73. The molecule has 1 aromatic carbocycles. The van der Waals surface area contributed by atoms with Crippen LogP contribution in [0.2, 0.25) is 0 Å². The van der Waals surface area contributed by atoms with Crippen LogP contribution in [0.5, 0.6) is 11.5 Å². The number of nitrogens with one attached hydrogen (secondary N) is 1. The second-order valence-corrected chi connectivity index (χ2v) is 9.37. The number of fused-ring (bicyclic) bond motifs is 1. The van der Waals surface area contributed by atoms with E-state index in [9.17, 15) is 8.42 Å². The first-order chi connectivity index (χ1) is 12.6. The van der Waals surface area contributed by atoms with Crippen LogP contribution in [0.4, 0.5) is 0 Å². The number of likely N-dealkylation sites (tertiary alicyclic amines) is 1. The van der Waals surface area contributed by atoms with Crippen LogP contribution in [-0.2, 0) is 10.0 Å². The van der Waals surface area contributed by atoms with Gasteiger partial charge in [-0.2, -0.15) is 0 Å². The van der Waals surface area contributed by atoms with Crippen LogP contribution in [-0.4, -0.2) is 46.2 Å². The third-order valence-electron chi connectivity index (χ3n) is 4.77. The van der Waals surface area contributed by atoms with Crippen molar-refractivity contribution in [3.05, 3.63) is 41.3 Å². The molecule has 2 aliphatic heterocycles. The largest absolute Gasteiger partial charge is 0.486 e. The van der Waals surface area contributed by atoms with E-state index in [4.69, 9.17) is 9.47 Å².